The van der Waals surface area contributed by atoms with Crippen LogP contribution in [0.5, 0.6) is 0 Å². The molecule has 0 atom stereocenters. The van der Waals surface area contributed by atoms with Crippen molar-refractivity contribution in [2.45, 2.75) is 55.4 Å². The molecule has 2 nitrogen and oxygen atoms in total. The molecule has 0 rings (SSSR count). The molecule has 0 heterocycles. The first kappa shape index (κ1) is 29.7. The van der Waals surface area contributed by atoms with E-state index in [-0.39, 0.29) is 13.2 Å². The maximum absolute atomic E-state index is 7.62. The summed E-state index contributed by atoms with van der Waals surface area (Å²) >= 11 is 0. The van der Waals surface area contributed by atoms with Gasteiger partial charge in [0.15, 0.2) is 0 Å². The Morgan fingerprint density at radius 3 is 0.583 bits per heavy atom. The summed E-state index contributed by atoms with van der Waals surface area (Å²) in [6, 6.07) is 0. The van der Waals surface area contributed by atoms with E-state index in [1.165, 1.54) is 0 Å². The van der Waals surface area contributed by atoms with E-state index in [1.807, 2.05) is 55.4 Å². The zero-order valence-corrected chi connectivity index (χ0v) is 10.3. The van der Waals surface area contributed by atoms with Crippen molar-refractivity contribution in [2.75, 3.05) is 13.2 Å². The normalized spacial score (nSPS) is 4.50. The highest BCUT2D eigenvalue weighted by molar-refractivity contribution is 4.06. The topological polar surface area (TPSA) is 40.5 Å². The first-order chi connectivity index (χ1) is 5.91. The van der Waals surface area contributed by atoms with E-state index in [1.54, 1.807) is 0 Å². The van der Waals surface area contributed by atoms with Crippen LogP contribution in [0.25, 0.3) is 0 Å². The Balaban J connectivity index is -0.0000000181. The molecule has 0 aromatic carbocycles. The monoisotopic (exact) mass is 182 g/mol. The third kappa shape index (κ3) is 933. The quantitative estimate of drug-likeness (QED) is 0.654. The van der Waals surface area contributed by atoms with Crippen LogP contribution in [0.1, 0.15) is 55.4 Å². The van der Waals surface area contributed by atoms with E-state index in [2.05, 4.69) is 0 Å². The molecule has 12 heavy (non-hydrogen) atoms. The Kier molecular flexibility index (Phi) is 721. The molecule has 0 bridgehead atoms. The standard InChI is InChI=1S/C2H6O2.4C2H6/c3-1-2-4;4*1-2/h3-4H,1-2H2;4*1-2H3. The summed E-state index contributed by atoms with van der Waals surface area (Å²) in [7, 11) is 0. The van der Waals surface area contributed by atoms with Crippen LogP contribution in [-0.2, 0) is 0 Å². The fourth-order valence-electron chi connectivity index (χ4n) is 0. The second kappa shape index (κ2) is 292. The highest BCUT2D eigenvalue weighted by Crippen LogP contribution is 1.39. The van der Waals surface area contributed by atoms with Gasteiger partial charge in [0.1, 0.15) is 0 Å². The molecule has 82 valence electrons. The Labute approximate surface area is 79.6 Å². The van der Waals surface area contributed by atoms with Crippen molar-refractivity contribution in [2.24, 2.45) is 0 Å². The maximum atomic E-state index is 7.62. The highest BCUT2D eigenvalue weighted by Gasteiger charge is 1.58. The zero-order chi connectivity index (χ0) is 11.4. The van der Waals surface area contributed by atoms with Crippen molar-refractivity contribution in [3.05, 3.63) is 0 Å². The van der Waals surface area contributed by atoms with Crippen molar-refractivity contribution in [1.29, 1.82) is 0 Å². The molecule has 0 fully saturated rings. The molecule has 0 amide bonds. The van der Waals surface area contributed by atoms with Gasteiger partial charge in [0.05, 0.1) is 13.2 Å². The van der Waals surface area contributed by atoms with Crippen molar-refractivity contribution in [3.8, 4) is 0 Å². The van der Waals surface area contributed by atoms with Crippen LogP contribution in [0.4, 0.5) is 0 Å². The predicted octanol–water partition coefficient (Wildman–Crippen LogP) is 3.08. The lowest BCUT2D eigenvalue weighted by Crippen LogP contribution is -1.85. The molecule has 2 heteroatoms. The lowest BCUT2D eigenvalue weighted by molar-refractivity contribution is 0.186. The van der Waals surface area contributed by atoms with Crippen LogP contribution < -0.4 is 0 Å². The van der Waals surface area contributed by atoms with Crippen LogP contribution >= 0.6 is 0 Å². The highest BCUT2D eigenvalue weighted by atomic mass is 16.3. The average Bonchev–Trinajstić information content (AvgIpc) is 2.29. The molecular formula is C10H30O2. The van der Waals surface area contributed by atoms with Gasteiger partial charge in [0.2, 0.25) is 0 Å². The molecule has 0 aliphatic heterocycles. The van der Waals surface area contributed by atoms with Gasteiger partial charge in [0.25, 0.3) is 0 Å². The molecule has 0 aromatic rings. The molecule has 0 aromatic heterocycles. The first-order valence-corrected chi connectivity index (χ1v) is 5.13. The van der Waals surface area contributed by atoms with Gasteiger partial charge in [-0.1, -0.05) is 55.4 Å². The minimum atomic E-state index is -0.125. The number of hydrogen-bond donors (Lipinski definition) is 2. The van der Waals surface area contributed by atoms with Crippen LogP contribution in [0, 0.1) is 0 Å². The second-order valence-electron chi connectivity index (χ2n) is 0.447. The van der Waals surface area contributed by atoms with Crippen LogP contribution in [0.2, 0.25) is 0 Å². The van der Waals surface area contributed by atoms with Gasteiger partial charge in [-0.2, -0.15) is 0 Å². The van der Waals surface area contributed by atoms with Crippen molar-refractivity contribution in [3.63, 3.8) is 0 Å². The lowest BCUT2D eigenvalue weighted by atomic mass is 10.8. The van der Waals surface area contributed by atoms with Crippen LogP contribution in [-0.4, -0.2) is 23.4 Å². The molecule has 2 N–H and O–H groups in total. The van der Waals surface area contributed by atoms with Gasteiger partial charge in [-0.05, 0) is 0 Å². The van der Waals surface area contributed by atoms with E-state index in [4.69, 9.17) is 10.2 Å². The van der Waals surface area contributed by atoms with Gasteiger partial charge in [-0.25, -0.2) is 0 Å². The summed E-state index contributed by atoms with van der Waals surface area (Å²) in [5.74, 6) is 0. The Bertz CT molecular complexity index is 9.80. The summed E-state index contributed by atoms with van der Waals surface area (Å²) in [5, 5.41) is 15.2. The molecule has 0 unspecified atom stereocenters. The number of rotatable bonds is 1. The van der Waals surface area contributed by atoms with E-state index in [0.717, 1.165) is 0 Å². The van der Waals surface area contributed by atoms with Gasteiger partial charge in [-0.3, -0.25) is 0 Å². The number of aliphatic hydroxyl groups is 2. The third-order valence-electron chi connectivity index (χ3n) is 0.1000. The van der Waals surface area contributed by atoms with Crippen molar-refractivity contribution < 1.29 is 10.2 Å². The van der Waals surface area contributed by atoms with E-state index >= 15 is 0 Å². The van der Waals surface area contributed by atoms with E-state index in [9.17, 15) is 0 Å². The van der Waals surface area contributed by atoms with Gasteiger partial charge in [-0.15, -0.1) is 0 Å². The van der Waals surface area contributed by atoms with Crippen LogP contribution in [0.15, 0.2) is 0 Å². The van der Waals surface area contributed by atoms with Gasteiger partial charge in [0, 0.05) is 0 Å². The largest absolute Gasteiger partial charge is 0.394 e. The Morgan fingerprint density at radius 1 is 0.500 bits per heavy atom. The van der Waals surface area contributed by atoms with Crippen molar-refractivity contribution >= 4 is 0 Å². The summed E-state index contributed by atoms with van der Waals surface area (Å²) in [5.41, 5.74) is 0. The summed E-state index contributed by atoms with van der Waals surface area (Å²) in [4.78, 5) is 0. The summed E-state index contributed by atoms with van der Waals surface area (Å²) in [6.07, 6.45) is 0. The Morgan fingerprint density at radius 2 is 0.583 bits per heavy atom. The number of aliphatic hydroxyl groups excluding tert-OH is 2. The molecule has 0 saturated heterocycles. The minimum absolute atomic E-state index is 0.125. The SMILES string of the molecule is CC.CC.CC.CC.OCCO. The van der Waals surface area contributed by atoms with E-state index < -0.39 is 0 Å². The predicted molar refractivity (Wildman–Crippen MR) is 59.6 cm³/mol. The van der Waals surface area contributed by atoms with Crippen molar-refractivity contribution in [1.82, 2.24) is 0 Å². The van der Waals surface area contributed by atoms with Gasteiger partial charge >= 0.3 is 0 Å². The summed E-state index contributed by atoms with van der Waals surface area (Å²) < 4.78 is 0. The zero-order valence-electron chi connectivity index (χ0n) is 10.3. The fraction of sp³-hybridized carbons (Fsp3) is 1.00. The molecule has 0 saturated carbocycles. The van der Waals surface area contributed by atoms with Gasteiger partial charge < -0.3 is 10.2 Å². The molecule has 0 aliphatic rings. The average molecular weight is 182 g/mol. The minimum Gasteiger partial charge on any atom is -0.394 e. The summed E-state index contributed by atoms with van der Waals surface area (Å²) in [6.45, 7) is 15.8. The molecule has 0 radical (unpaired) electrons. The fourth-order valence-corrected chi connectivity index (χ4v) is 0. The third-order valence-corrected chi connectivity index (χ3v) is 0.1000. The molecule has 0 aliphatic carbocycles. The first-order valence-electron chi connectivity index (χ1n) is 5.13. The molecular weight excluding hydrogens is 152 g/mol. The number of hydrogen-bond acceptors (Lipinski definition) is 2. The lowest BCUT2D eigenvalue weighted by Gasteiger charge is -1.70. The smallest absolute Gasteiger partial charge is 0.0662 e. The maximum Gasteiger partial charge on any atom is 0.0662 e. The second-order valence-corrected chi connectivity index (χ2v) is 0.447. The molecule has 0 spiro atoms. The van der Waals surface area contributed by atoms with E-state index in [0.29, 0.717) is 0 Å². The van der Waals surface area contributed by atoms with Crippen LogP contribution in [0.3, 0.4) is 0 Å². The Hall–Kier alpha value is -0.0800.